The summed E-state index contributed by atoms with van der Waals surface area (Å²) >= 11 is 7.62. The summed E-state index contributed by atoms with van der Waals surface area (Å²) in [5.41, 5.74) is 1.68. The maximum Gasteiger partial charge on any atom is 0.297 e. The van der Waals surface area contributed by atoms with Crippen molar-refractivity contribution in [3.05, 3.63) is 91.8 Å². The number of benzene rings is 2. The van der Waals surface area contributed by atoms with Crippen molar-refractivity contribution in [3.63, 3.8) is 0 Å². The Labute approximate surface area is 204 Å². The van der Waals surface area contributed by atoms with Gasteiger partial charge in [0, 0.05) is 5.02 Å². The zero-order valence-electron chi connectivity index (χ0n) is 18.5. The fourth-order valence-corrected chi connectivity index (χ4v) is 4.99. The van der Waals surface area contributed by atoms with Crippen LogP contribution in [0.15, 0.2) is 58.3 Å². The van der Waals surface area contributed by atoms with Crippen molar-refractivity contribution in [2.45, 2.75) is 26.3 Å². The van der Waals surface area contributed by atoms with Crippen molar-refractivity contribution < 1.29 is 13.9 Å². The molecule has 0 bridgehead atoms. The number of fused-ring (bicyclic) bond motifs is 2. The van der Waals surface area contributed by atoms with Crippen molar-refractivity contribution in [1.82, 2.24) is 10.2 Å². The summed E-state index contributed by atoms with van der Waals surface area (Å²) in [6.07, 6.45) is 2.33. The Morgan fingerprint density at radius 3 is 2.82 bits per heavy atom. The van der Waals surface area contributed by atoms with Crippen LogP contribution in [-0.4, -0.2) is 22.7 Å². The first kappa shape index (κ1) is 22.3. The number of carbonyl (C=O) groups is 1. The molecule has 0 aliphatic carbocycles. The number of amides is 1. The van der Waals surface area contributed by atoms with Gasteiger partial charge in [0.15, 0.2) is 5.43 Å². The highest BCUT2D eigenvalue weighted by Gasteiger charge is 2.45. The predicted molar refractivity (Wildman–Crippen MR) is 132 cm³/mol. The number of nitrogens with zero attached hydrogens (tertiary/aromatic N) is 3. The maximum atomic E-state index is 13.7. The highest BCUT2D eigenvalue weighted by Crippen LogP contribution is 2.43. The van der Waals surface area contributed by atoms with Crippen LogP contribution < -0.4 is 15.1 Å². The fourth-order valence-electron chi connectivity index (χ4n) is 4.02. The van der Waals surface area contributed by atoms with E-state index in [2.05, 4.69) is 16.8 Å². The van der Waals surface area contributed by atoms with Crippen LogP contribution in [0.5, 0.6) is 5.75 Å². The van der Waals surface area contributed by atoms with Gasteiger partial charge in [-0.25, -0.2) is 0 Å². The number of rotatable bonds is 6. The number of carbonyl (C=O) groups excluding carboxylic acids is 1. The molecule has 34 heavy (non-hydrogen) atoms. The van der Waals surface area contributed by atoms with Gasteiger partial charge in [0.1, 0.15) is 22.9 Å². The van der Waals surface area contributed by atoms with Gasteiger partial charge in [-0.1, -0.05) is 54.6 Å². The van der Waals surface area contributed by atoms with E-state index in [4.69, 9.17) is 20.8 Å². The first-order valence-corrected chi connectivity index (χ1v) is 11.9. The van der Waals surface area contributed by atoms with Crippen LogP contribution in [0.3, 0.4) is 0 Å². The van der Waals surface area contributed by atoms with Crippen LogP contribution in [-0.2, 0) is 6.42 Å². The molecule has 9 heteroatoms. The Kier molecular flexibility index (Phi) is 5.71. The lowest BCUT2D eigenvalue weighted by atomic mass is 9.98. The van der Waals surface area contributed by atoms with Crippen molar-refractivity contribution in [2.75, 3.05) is 11.5 Å². The Morgan fingerprint density at radius 1 is 1.26 bits per heavy atom. The first-order chi connectivity index (χ1) is 16.4. The minimum atomic E-state index is -0.756. The second-order valence-corrected chi connectivity index (χ2v) is 9.30. The number of hydrogen-bond donors (Lipinski definition) is 0. The number of halogens is 1. The Morgan fingerprint density at radius 2 is 2.09 bits per heavy atom. The van der Waals surface area contributed by atoms with E-state index < -0.39 is 11.9 Å². The summed E-state index contributed by atoms with van der Waals surface area (Å²) in [5, 5.41) is 10.4. The van der Waals surface area contributed by atoms with Crippen molar-refractivity contribution >= 4 is 44.9 Å². The first-order valence-electron chi connectivity index (χ1n) is 10.7. The Balaban J connectivity index is 1.76. The minimum absolute atomic E-state index is 0.00474. The summed E-state index contributed by atoms with van der Waals surface area (Å²) in [4.78, 5) is 28.9. The molecule has 7 nitrogen and oxygen atoms in total. The largest absolute Gasteiger partial charge is 0.490 e. The van der Waals surface area contributed by atoms with Gasteiger partial charge in [0.25, 0.3) is 5.91 Å². The van der Waals surface area contributed by atoms with Crippen molar-refractivity contribution in [1.29, 1.82) is 0 Å². The summed E-state index contributed by atoms with van der Waals surface area (Å²) in [6, 6.07) is 9.77. The quantitative estimate of drug-likeness (QED) is 0.330. The molecule has 0 radical (unpaired) electrons. The van der Waals surface area contributed by atoms with Gasteiger partial charge < -0.3 is 9.15 Å². The van der Waals surface area contributed by atoms with Gasteiger partial charge in [-0.3, -0.25) is 14.5 Å². The van der Waals surface area contributed by atoms with Crippen LogP contribution in [0, 0.1) is 6.92 Å². The van der Waals surface area contributed by atoms with Gasteiger partial charge in [0.2, 0.25) is 10.9 Å². The van der Waals surface area contributed by atoms with Gasteiger partial charge in [-0.15, -0.1) is 10.2 Å². The van der Waals surface area contributed by atoms with Crippen LogP contribution in [0.1, 0.15) is 45.2 Å². The third-order valence-corrected chi connectivity index (χ3v) is 7.13. The summed E-state index contributed by atoms with van der Waals surface area (Å²) < 4.78 is 11.7. The zero-order chi connectivity index (χ0) is 24.0. The molecule has 0 saturated heterocycles. The zero-order valence-corrected chi connectivity index (χ0v) is 20.1. The van der Waals surface area contributed by atoms with Crippen LogP contribution in [0.2, 0.25) is 5.02 Å². The molecule has 1 atom stereocenters. The van der Waals surface area contributed by atoms with E-state index in [-0.39, 0.29) is 16.8 Å². The molecule has 0 N–H and O–H groups in total. The molecule has 0 fully saturated rings. The average Bonchev–Trinajstić information content (AvgIpc) is 3.42. The van der Waals surface area contributed by atoms with E-state index in [1.54, 1.807) is 30.3 Å². The lowest BCUT2D eigenvalue weighted by Gasteiger charge is -2.22. The molecule has 0 saturated carbocycles. The maximum absolute atomic E-state index is 13.7. The Bertz CT molecular complexity index is 1510. The lowest BCUT2D eigenvalue weighted by molar-refractivity contribution is 0.0970. The van der Waals surface area contributed by atoms with E-state index in [1.807, 2.05) is 26.0 Å². The monoisotopic (exact) mass is 493 g/mol. The molecular weight excluding hydrogens is 474 g/mol. The van der Waals surface area contributed by atoms with Gasteiger partial charge in [0.05, 0.1) is 17.0 Å². The molecule has 0 spiro atoms. The van der Waals surface area contributed by atoms with E-state index in [9.17, 15) is 9.59 Å². The third-order valence-electron chi connectivity index (χ3n) is 5.66. The van der Waals surface area contributed by atoms with E-state index in [0.29, 0.717) is 45.5 Å². The van der Waals surface area contributed by atoms with Gasteiger partial charge in [-0.2, -0.15) is 0 Å². The molecule has 4 aromatic rings. The molecule has 1 aliphatic rings. The second-order valence-electron chi connectivity index (χ2n) is 7.85. The molecule has 1 amide bonds. The van der Waals surface area contributed by atoms with E-state index in [0.717, 1.165) is 10.6 Å². The van der Waals surface area contributed by atoms with Gasteiger partial charge >= 0.3 is 0 Å². The normalized spacial score (nSPS) is 15.1. The summed E-state index contributed by atoms with van der Waals surface area (Å²) in [7, 11) is 0. The summed E-state index contributed by atoms with van der Waals surface area (Å²) in [6.45, 7) is 7.78. The lowest BCUT2D eigenvalue weighted by Crippen LogP contribution is -2.29. The molecular formula is C25H20ClN3O4S. The predicted octanol–water partition coefficient (Wildman–Crippen LogP) is 5.48. The molecule has 1 aliphatic heterocycles. The van der Waals surface area contributed by atoms with Crippen LogP contribution in [0.25, 0.3) is 11.0 Å². The second kappa shape index (κ2) is 8.70. The molecule has 1 unspecified atom stereocenters. The van der Waals surface area contributed by atoms with Crippen molar-refractivity contribution in [2.24, 2.45) is 0 Å². The minimum Gasteiger partial charge on any atom is -0.490 e. The highest BCUT2D eigenvalue weighted by molar-refractivity contribution is 7.15. The van der Waals surface area contributed by atoms with Gasteiger partial charge in [-0.05, 0) is 48.7 Å². The molecule has 172 valence electrons. The SMILES string of the molecule is C=CCOc1cccc(C2c3c(oc4cc(C)c(Cl)cc4c3=O)C(=O)N2c2nnc(CC)s2)c1. The number of aromatic nitrogens is 2. The number of ether oxygens (including phenoxy) is 1. The molecule has 5 rings (SSSR count). The molecule has 2 aromatic carbocycles. The topological polar surface area (TPSA) is 85.5 Å². The van der Waals surface area contributed by atoms with E-state index in [1.165, 1.54) is 16.2 Å². The standard InChI is InChI=1S/C25H20ClN3O4S/c1-4-9-32-15-8-6-7-14(11-15)21-20-22(30)16-12-17(26)13(3)10-18(16)33-23(20)24(31)29(21)25-28-27-19(5-2)34-25/h4,6-8,10-12,21H,1,5,9H2,2-3H3. The number of hydrogen-bond acceptors (Lipinski definition) is 7. The van der Waals surface area contributed by atoms with E-state index >= 15 is 0 Å². The fraction of sp³-hybridized carbons (Fsp3) is 0.200. The third kappa shape index (κ3) is 3.59. The number of aryl methyl sites for hydroxylation is 2. The van der Waals surface area contributed by atoms with Crippen LogP contribution in [0.4, 0.5) is 5.13 Å². The average molecular weight is 494 g/mol. The Hall–Kier alpha value is -3.49. The number of anilines is 1. The van der Waals surface area contributed by atoms with Crippen molar-refractivity contribution in [3.8, 4) is 5.75 Å². The highest BCUT2D eigenvalue weighted by atomic mass is 35.5. The van der Waals surface area contributed by atoms with Crippen LogP contribution >= 0.6 is 22.9 Å². The molecule has 2 aromatic heterocycles. The smallest absolute Gasteiger partial charge is 0.297 e. The molecule has 3 heterocycles. The summed E-state index contributed by atoms with van der Waals surface area (Å²) in [5.74, 6) is 0.145.